The van der Waals surface area contributed by atoms with Crippen molar-refractivity contribution in [2.45, 2.75) is 0 Å². The van der Waals surface area contributed by atoms with Crippen molar-refractivity contribution in [1.29, 1.82) is 0 Å². The smallest absolute Gasteiger partial charge is 0.283 e. The molecule has 0 saturated heterocycles. The van der Waals surface area contributed by atoms with Crippen LogP contribution in [0.25, 0.3) is 0 Å². The predicted octanol–water partition coefficient (Wildman–Crippen LogP) is 3.15. The van der Waals surface area contributed by atoms with E-state index in [1.54, 1.807) is 42.5 Å². The van der Waals surface area contributed by atoms with Crippen molar-refractivity contribution in [3.63, 3.8) is 0 Å². The molecule has 0 aliphatic carbocycles. The lowest BCUT2D eigenvalue weighted by molar-refractivity contribution is -0.120. The molecule has 2 aromatic carbocycles. The van der Waals surface area contributed by atoms with Crippen molar-refractivity contribution >= 4 is 34.8 Å². The molecule has 1 N–H and O–H groups in total. The van der Waals surface area contributed by atoms with Crippen molar-refractivity contribution in [3.05, 3.63) is 53.2 Å². The second-order valence-corrected chi connectivity index (χ2v) is 5.91. The first-order valence-corrected chi connectivity index (χ1v) is 8.29. The molecule has 8 heteroatoms. The highest BCUT2D eigenvalue weighted by Crippen LogP contribution is 2.35. The Morgan fingerprint density at radius 3 is 2.26 bits per heavy atom. The van der Waals surface area contributed by atoms with Gasteiger partial charge in [0.2, 0.25) is 0 Å². The van der Waals surface area contributed by atoms with Gasteiger partial charge in [0.25, 0.3) is 11.8 Å². The van der Waals surface area contributed by atoms with Crippen molar-refractivity contribution in [3.8, 4) is 17.2 Å². The molecule has 3 rings (SSSR count). The van der Waals surface area contributed by atoms with Gasteiger partial charge >= 0.3 is 0 Å². The van der Waals surface area contributed by atoms with Gasteiger partial charge in [0.15, 0.2) is 0 Å². The average Bonchev–Trinajstić information content (AvgIpc) is 2.91. The van der Waals surface area contributed by atoms with Gasteiger partial charge in [-0.3, -0.25) is 9.59 Å². The molecular formula is C19H17ClN2O5. The van der Waals surface area contributed by atoms with Crippen LogP contribution in [0.3, 0.4) is 0 Å². The molecule has 27 heavy (non-hydrogen) atoms. The Hall–Kier alpha value is -3.19. The van der Waals surface area contributed by atoms with Gasteiger partial charge in [-0.1, -0.05) is 17.7 Å². The van der Waals surface area contributed by atoms with Crippen LogP contribution in [0.15, 0.2) is 53.2 Å². The summed E-state index contributed by atoms with van der Waals surface area (Å²) >= 11 is 6.15. The van der Waals surface area contributed by atoms with Crippen molar-refractivity contribution < 1.29 is 23.8 Å². The fraction of sp³-hybridized carbons (Fsp3) is 0.158. The van der Waals surface area contributed by atoms with Gasteiger partial charge in [-0.15, -0.1) is 0 Å². The van der Waals surface area contributed by atoms with Crippen molar-refractivity contribution in [1.82, 2.24) is 0 Å². The fourth-order valence-electron chi connectivity index (χ4n) is 2.63. The summed E-state index contributed by atoms with van der Waals surface area (Å²) in [4.78, 5) is 26.4. The van der Waals surface area contributed by atoms with E-state index in [0.717, 1.165) is 4.90 Å². The number of hydrogen-bond acceptors (Lipinski definition) is 6. The predicted molar refractivity (Wildman–Crippen MR) is 102 cm³/mol. The molecule has 2 aromatic rings. The molecule has 0 atom stereocenters. The van der Waals surface area contributed by atoms with Crippen LogP contribution in [-0.2, 0) is 9.59 Å². The summed E-state index contributed by atoms with van der Waals surface area (Å²) < 4.78 is 15.6. The third kappa shape index (κ3) is 3.41. The lowest BCUT2D eigenvalue weighted by atomic mass is 10.2. The minimum absolute atomic E-state index is 0.0343. The standard InChI is InChI=1S/C19H17ClN2O5/c1-25-12-6-4-5-11(9-12)22-18(23)16(20)17(19(22)24)21-14-8-7-13(26-2)10-15(14)27-3/h4-10,21H,1-3H3. The van der Waals surface area contributed by atoms with E-state index in [9.17, 15) is 9.59 Å². The lowest BCUT2D eigenvalue weighted by Gasteiger charge is -2.16. The number of nitrogens with zero attached hydrogens (tertiary/aromatic N) is 1. The summed E-state index contributed by atoms with van der Waals surface area (Å²) in [5.74, 6) is 0.346. The van der Waals surface area contributed by atoms with E-state index < -0.39 is 11.8 Å². The summed E-state index contributed by atoms with van der Waals surface area (Å²) in [5, 5.41) is 2.69. The minimum Gasteiger partial charge on any atom is -0.497 e. The lowest BCUT2D eigenvalue weighted by Crippen LogP contribution is -2.32. The number of hydrogen-bond donors (Lipinski definition) is 1. The molecule has 1 heterocycles. The molecule has 0 spiro atoms. The fourth-order valence-corrected chi connectivity index (χ4v) is 2.84. The molecule has 140 valence electrons. The molecular weight excluding hydrogens is 372 g/mol. The van der Waals surface area contributed by atoms with E-state index in [4.69, 9.17) is 25.8 Å². The van der Waals surface area contributed by atoms with E-state index in [1.807, 2.05) is 0 Å². The minimum atomic E-state index is -0.620. The number of nitrogens with one attached hydrogen (secondary N) is 1. The second-order valence-electron chi connectivity index (χ2n) is 5.53. The Labute approximate surface area is 161 Å². The van der Waals surface area contributed by atoms with Gasteiger partial charge < -0.3 is 19.5 Å². The topological polar surface area (TPSA) is 77.1 Å². The number of halogens is 1. The zero-order valence-corrected chi connectivity index (χ0v) is 15.7. The quantitative estimate of drug-likeness (QED) is 0.766. The molecule has 0 saturated carbocycles. The molecule has 0 unspecified atom stereocenters. The Bertz CT molecular complexity index is 941. The summed E-state index contributed by atoms with van der Waals surface area (Å²) in [6, 6.07) is 11.6. The number of ether oxygens (including phenoxy) is 3. The van der Waals surface area contributed by atoms with Gasteiger partial charge in [-0.05, 0) is 24.3 Å². The Balaban J connectivity index is 1.93. The summed E-state index contributed by atoms with van der Waals surface area (Å²) in [6.45, 7) is 0. The number of benzene rings is 2. The highest BCUT2D eigenvalue weighted by molar-refractivity contribution is 6.53. The summed E-state index contributed by atoms with van der Waals surface area (Å²) in [7, 11) is 4.52. The normalized spacial score (nSPS) is 13.9. The first kappa shape index (κ1) is 18.6. The Morgan fingerprint density at radius 1 is 0.889 bits per heavy atom. The zero-order chi connectivity index (χ0) is 19.6. The molecule has 2 amide bonds. The van der Waals surface area contributed by atoms with Gasteiger partial charge in [-0.25, -0.2) is 4.90 Å². The monoisotopic (exact) mass is 388 g/mol. The third-order valence-electron chi connectivity index (χ3n) is 4.01. The number of rotatable bonds is 6. The van der Waals surface area contributed by atoms with Crippen LogP contribution >= 0.6 is 11.6 Å². The molecule has 0 bridgehead atoms. The van der Waals surface area contributed by atoms with Gasteiger partial charge in [-0.2, -0.15) is 0 Å². The molecule has 0 fully saturated rings. The third-order valence-corrected chi connectivity index (χ3v) is 4.36. The number of amides is 2. The molecule has 7 nitrogen and oxygen atoms in total. The Kier molecular flexibility index (Phi) is 5.23. The first-order chi connectivity index (χ1) is 13.0. The SMILES string of the molecule is COc1cccc(N2C(=O)C(Cl)=C(Nc3ccc(OC)cc3OC)C2=O)c1. The molecule has 1 aliphatic rings. The molecule has 1 aliphatic heterocycles. The zero-order valence-electron chi connectivity index (χ0n) is 14.9. The van der Waals surface area contributed by atoms with E-state index in [2.05, 4.69) is 5.32 Å². The highest BCUT2D eigenvalue weighted by atomic mass is 35.5. The Morgan fingerprint density at radius 2 is 1.59 bits per heavy atom. The van der Waals surface area contributed by atoms with Gasteiger partial charge in [0.05, 0.1) is 32.7 Å². The van der Waals surface area contributed by atoms with Crippen molar-refractivity contribution in [2.75, 3.05) is 31.5 Å². The van der Waals surface area contributed by atoms with E-state index in [-0.39, 0.29) is 10.7 Å². The maximum Gasteiger partial charge on any atom is 0.283 e. The van der Waals surface area contributed by atoms with Crippen LogP contribution in [-0.4, -0.2) is 33.1 Å². The van der Waals surface area contributed by atoms with Gasteiger partial charge in [0.1, 0.15) is 28.0 Å². The van der Waals surface area contributed by atoms with Crippen LogP contribution in [0.5, 0.6) is 17.2 Å². The second kappa shape index (κ2) is 7.59. The van der Waals surface area contributed by atoms with Crippen LogP contribution in [0.1, 0.15) is 0 Å². The van der Waals surface area contributed by atoms with Gasteiger partial charge in [0, 0.05) is 12.1 Å². The average molecular weight is 389 g/mol. The highest BCUT2D eigenvalue weighted by Gasteiger charge is 2.39. The van der Waals surface area contributed by atoms with Crippen LogP contribution in [0, 0.1) is 0 Å². The number of carbonyl (C=O) groups is 2. The maximum absolute atomic E-state index is 12.8. The molecule has 0 radical (unpaired) electrons. The maximum atomic E-state index is 12.8. The molecule has 0 aromatic heterocycles. The number of carbonyl (C=O) groups excluding carboxylic acids is 2. The van der Waals surface area contributed by atoms with Crippen molar-refractivity contribution in [2.24, 2.45) is 0 Å². The number of anilines is 2. The van der Waals surface area contributed by atoms with Crippen LogP contribution in [0.2, 0.25) is 0 Å². The number of methoxy groups -OCH3 is 3. The van der Waals surface area contributed by atoms with Crippen LogP contribution < -0.4 is 24.4 Å². The summed E-state index contributed by atoms with van der Waals surface area (Å²) in [5.41, 5.74) is 0.800. The van der Waals surface area contributed by atoms with E-state index in [0.29, 0.717) is 28.6 Å². The van der Waals surface area contributed by atoms with E-state index >= 15 is 0 Å². The van der Waals surface area contributed by atoms with Crippen LogP contribution in [0.4, 0.5) is 11.4 Å². The largest absolute Gasteiger partial charge is 0.497 e. The first-order valence-electron chi connectivity index (χ1n) is 7.91. The summed E-state index contributed by atoms with van der Waals surface area (Å²) in [6.07, 6.45) is 0. The van der Waals surface area contributed by atoms with E-state index in [1.165, 1.54) is 21.3 Å². The number of imide groups is 1.